The van der Waals surface area contributed by atoms with Crippen molar-refractivity contribution >= 4 is 23.3 Å². The molecule has 6 nitrogen and oxygen atoms in total. The van der Waals surface area contributed by atoms with Gasteiger partial charge in [-0.3, -0.25) is 9.69 Å². The monoisotopic (exact) mass is 258 g/mol. The first-order valence-electron chi connectivity index (χ1n) is 5.03. The Labute approximate surface area is 102 Å². The number of anilines is 1. The largest absolute Gasteiger partial charge is 0.464 e. The van der Waals surface area contributed by atoms with Crippen LogP contribution in [-0.4, -0.2) is 29.0 Å². The van der Waals surface area contributed by atoms with Gasteiger partial charge < -0.3 is 14.4 Å². The molecule has 0 aromatic carbocycles. The topological polar surface area (TPSA) is 75.8 Å². The van der Waals surface area contributed by atoms with Crippen molar-refractivity contribution in [3.8, 4) is 5.95 Å². The van der Waals surface area contributed by atoms with Gasteiger partial charge in [0.1, 0.15) is 5.03 Å². The van der Waals surface area contributed by atoms with Gasteiger partial charge in [0, 0.05) is 5.57 Å². The van der Waals surface area contributed by atoms with Gasteiger partial charge >= 0.3 is 5.95 Å². The van der Waals surface area contributed by atoms with E-state index in [1.165, 1.54) is 6.07 Å². The molecule has 1 atom stereocenters. The maximum absolute atomic E-state index is 11.7. The Morgan fingerprint density at radius 3 is 2.94 bits per heavy atom. The van der Waals surface area contributed by atoms with E-state index < -0.39 is 12.1 Å². The highest BCUT2D eigenvalue weighted by molar-refractivity contribution is 6.45. The van der Waals surface area contributed by atoms with Crippen molar-refractivity contribution in [2.75, 3.05) is 11.5 Å². The Morgan fingerprint density at radius 2 is 2.41 bits per heavy atom. The fourth-order valence-corrected chi connectivity index (χ4v) is 1.68. The second kappa shape index (κ2) is 4.38. The molecule has 7 heteroatoms. The molecule has 1 unspecified atom stereocenters. The van der Waals surface area contributed by atoms with Crippen LogP contribution in [0.2, 0.25) is 0 Å². The quantitative estimate of drug-likeness (QED) is 0.883. The van der Waals surface area contributed by atoms with Crippen molar-refractivity contribution in [2.45, 2.75) is 20.1 Å². The van der Waals surface area contributed by atoms with Crippen LogP contribution in [0.4, 0.5) is 5.82 Å². The first-order valence-corrected chi connectivity index (χ1v) is 5.41. The molecular formula is C10H11ClN2O4. The smallest absolute Gasteiger partial charge is 0.313 e. The molecule has 2 rings (SSSR count). The van der Waals surface area contributed by atoms with E-state index in [2.05, 4.69) is 5.16 Å². The first-order chi connectivity index (χ1) is 8.06. The van der Waals surface area contributed by atoms with E-state index in [9.17, 15) is 9.90 Å². The molecule has 2 heterocycles. The van der Waals surface area contributed by atoms with Crippen molar-refractivity contribution in [1.29, 1.82) is 0 Å². The summed E-state index contributed by atoms with van der Waals surface area (Å²) in [5.41, 5.74) is 0.387. The number of aliphatic hydroxyl groups is 1. The molecule has 0 aliphatic carbocycles. The summed E-state index contributed by atoms with van der Waals surface area (Å²) in [5, 5.41) is 13.5. The van der Waals surface area contributed by atoms with E-state index in [0.29, 0.717) is 12.2 Å². The Hall–Kier alpha value is -1.53. The third kappa shape index (κ3) is 1.89. The maximum Gasteiger partial charge on any atom is 0.313 e. The molecule has 0 saturated carbocycles. The molecule has 1 aliphatic heterocycles. The minimum absolute atomic E-state index is 0.00143. The van der Waals surface area contributed by atoms with Crippen LogP contribution in [0.5, 0.6) is 5.95 Å². The highest BCUT2D eigenvalue weighted by atomic mass is 35.5. The second-order valence-electron chi connectivity index (χ2n) is 3.48. The van der Waals surface area contributed by atoms with Gasteiger partial charge in [0.2, 0.25) is 0 Å². The number of aliphatic hydroxyl groups excluding tert-OH is 1. The zero-order chi connectivity index (χ0) is 12.6. The lowest BCUT2D eigenvalue weighted by molar-refractivity contribution is -0.115. The second-order valence-corrected chi connectivity index (χ2v) is 3.86. The summed E-state index contributed by atoms with van der Waals surface area (Å²) < 4.78 is 9.92. The minimum Gasteiger partial charge on any atom is -0.464 e. The van der Waals surface area contributed by atoms with Gasteiger partial charge in [-0.05, 0) is 13.8 Å². The lowest BCUT2D eigenvalue weighted by Gasteiger charge is -2.17. The summed E-state index contributed by atoms with van der Waals surface area (Å²) in [7, 11) is 0. The van der Waals surface area contributed by atoms with Crippen molar-refractivity contribution in [3.05, 3.63) is 16.7 Å². The van der Waals surface area contributed by atoms with Gasteiger partial charge in [-0.25, -0.2) is 0 Å². The summed E-state index contributed by atoms with van der Waals surface area (Å²) in [6, 6.07) is 1.42. The molecule has 1 amide bonds. The molecule has 0 saturated heterocycles. The zero-order valence-corrected chi connectivity index (χ0v) is 10.1. The number of nitrogens with zero attached hydrogens (tertiary/aromatic N) is 2. The van der Waals surface area contributed by atoms with Crippen LogP contribution >= 0.6 is 11.6 Å². The Bertz CT molecular complexity index is 482. The van der Waals surface area contributed by atoms with Crippen molar-refractivity contribution in [2.24, 2.45) is 0 Å². The predicted octanol–water partition coefficient (Wildman–Crippen LogP) is 1.25. The number of halogens is 1. The highest BCUT2D eigenvalue weighted by Crippen LogP contribution is 2.32. The maximum atomic E-state index is 11.7. The number of hydrogen-bond acceptors (Lipinski definition) is 5. The summed E-state index contributed by atoms with van der Waals surface area (Å²) in [6.45, 7) is 3.79. The predicted molar refractivity (Wildman–Crippen MR) is 59.7 cm³/mol. The Morgan fingerprint density at radius 1 is 1.71 bits per heavy atom. The van der Waals surface area contributed by atoms with Crippen molar-refractivity contribution in [1.82, 2.24) is 5.16 Å². The number of aromatic nitrogens is 1. The zero-order valence-electron chi connectivity index (χ0n) is 9.31. The van der Waals surface area contributed by atoms with Gasteiger partial charge in [-0.2, -0.15) is 0 Å². The van der Waals surface area contributed by atoms with E-state index in [1.54, 1.807) is 13.8 Å². The van der Waals surface area contributed by atoms with Crippen LogP contribution in [0.3, 0.4) is 0 Å². The van der Waals surface area contributed by atoms with E-state index in [4.69, 9.17) is 20.9 Å². The average Bonchev–Trinajstić information content (AvgIpc) is 2.82. The van der Waals surface area contributed by atoms with E-state index in [0.717, 1.165) is 4.90 Å². The average molecular weight is 259 g/mol. The lowest BCUT2D eigenvalue weighted by atomic mass is 10.3. The van der Waals surface area contributed by atoms with Gasteiger partial charge in [0.05, 0.1) is 12.7 Å². The first kappa shape index (κ1) is 11.9. The van der Waals surface area contributed by atoms with Gasteiger partial charge in [-0.15, -0.1) is 0 Å². The Kier molecular flexibility index (Phi) is 3.08. The molecule has 1 aliphatic rings. The molecule has 1 aromatic heterocycles. The molecule has 0 bridgehead atoms. The van der Waals surface area contributed by atoms with Gasteiger partial charge in [-0.1, -0.05) is 16.8 Å². The highest BCUT2D eigenvalue weighted by Gasteiger charge is 2.37. The van der Waals surface area contributed by atoms with Crippen molar-refractivity contribution < 1.29 is 19.2 Å². The third-order valence-corrected chi connectivity index (χ3v) is 2.85. The van der Waals surface area contributed by atoms with Gasteiger partial charge in [0.25, 0.3) is 5.91 Å². The fourth-order valence-electron chi connectivity index (χ4n) is 1.50. The van der Waals surface area contributed by atoms with Crippen LogP contribution in [0.15, 0.2) is 21.2 Å². The number of hydrogen-bond donors (Lipinski definition) is 1. The standard InChI is InChI=1S/C10H11ClN2O4/c1-3-16-7-4-6(12-17-7)13-9(14)5(2)8(11)10(13)15/h4,9,14H,3H2,1-2H3. The molecule has 17 heavy (non-hydrogen) atoms. The third-order valence-electron chi connectivity index (χ3n) is 2.39. The van der Waals surface area contributed by atoms with Crippen LogP contribution in [0, 0.1) is 0 Å². The fraction of sp³-hybridized carbons (Fsp3) is 0.400. The van der Waals surface area contributed by atoms with Gasteiger partial charge in [0.15, 0.2) is 12.0 Å². The van der Waals surface area contributed by atoms with Crippen LogP contribution < -0.4 is 9.64 Å². The molecule has 0 radical (unpaired) electrons. The number of amides is 1. The normalized spacial score (nSPS) is 20.4. The number of rotatable bonds is 3. The lowest BCUT2D eigenvalue weighted by Crippen LogP contribution is -2.35. The molecular weight excluding hydrogens is 248 g/mol. The number of carbonyl (C=O) groups excluding carboxylic acids is 1. The SMILES string of the molecule is CCOc1cc(N2C(=O)C(Cl)=C(C)C2O)no1. The summed E-state index contributed by atoms with van der Waals surface area (Å²) in [4.78, 5) is 12.8. The molecule has 0 spiro atoms. The van der Waals surface area contributed by atoms with E-state index in [1.807, 2.05) is 0 Å². The van der Waals surface area contributed by atoms with Crippen LogP contribution in [0.25, 0.3) is 0 Å². The molecule has 1 aromatic rings. The molecule has 0 fully saturated rings. The van der Waals surface area contributed by atoms with Crippen LogP contribution in [-0.2, 0) is 4.79 Å². The van der Waals surface area contributed by atoms with E-state index >= 15 is 0 Å². The molecule has 92 valence electrons. The molecule has 1 N–H and O–H groups in total. The summed E-state index contributed by atoms with van der Waals surface area (Å²) in [5.74, 6) is -0.155. The summed E-state index contributed by atoms with van der Waals surface area (Å²) in [6.07, 6.45) is -1.12. The van der Waals surface area contributed by atoms with E-state index in [-0.39, 0.29) is 16.8 Å². The number of carbonyl (C=O) groups is 1. The minimum atomic E-state index is -1.12. The number of ether oxygens (including phenoxy) is 1. The van der Waals surface area contributed by atoms with Crippen LogP contribution in [0.1, 0.15) is 13.8 Å². The summed E-state index contributed by atoms with van der Waals surface area (Å²) >= 11 is 5.76. The van der Waals surface area contributed by atoms with Crippen molar-refractivity contribution in [3.63, 3.8) is 0 Å². The Balaban J connectivity index is 2.26.